The summed E-state index contributed by atoms with van der Waals surface area (Å²) >= 11 is 0. The summed E-state index contributed by atoms with van der Waals surface area (Å²) in [5, 5.41) is 2.37. The van der Waals surface area contributed by atoms with E-state index in [2.05, 4.69) is 10.3 Å². The van der Waals surface area contributed by atoms with Crippen molar-refractivity contribution in [2.75, 3.05) is 12.3 Å². The van der Waals surface area contributed by atoms with E-state index >= 15 is 0 Å². The van der Waals surface area contributed by atoms with E-state index in [4.69, 9.17) is 0 Å². The molecular weight excluding hydrogens is 568 g/mol. The molecule has 41 heavy (non-hydrogen) atoms. The van der Waals surface area contributed by atoms with Gasteiger partial charge in [-0.1, -0.05) is 30.3 Å². The third-order valence-electron chi connectivity index (χ3n) is 7.17. The quantitative estimate of drug-likeness (QED) is 0.348. The number of imide groups is 1. The van der Waals surface area contributed by atoms with Gasteiger partial charge in [0.25, 0.3) is 5.91 Å². The molecule has 0 saturated carbocycles. The maximum Gasteiger partial charge on any atom is 0.408 e. The van der Waals surface area contributed by atoms with Gasteiger partial charge in [-0.2, -0.15) is 13.2 Å². The molecule has 0 radical (unpaired) electrons. The van der Waals surface area contributed by atoms with Gasteiger partial charge < -0.3 is 10.2 Å². The SMILES string of the molecule is CC(N(Cc1ccc(F)cc1)C(=O)CN1C(=O)NC2(CS(=O)(=O)c3cc(-c4cccnc4)ccc32)C1=O)C(F)(F)F. The number of hydrogen-bond acceptors (Lipinski definition) is 6. The van der Waals surface area contributed by atoms with E-state index in [1.54, 1.807) is 24.4 Å². The molecule has 1 fully saturated rings. The van der Waals surface area contributed by atoms with Gasteiger partial charge in [-0.25, -0.2) is 17.6 Å². The summed E-state index contributed by atoms with van der Waals surface area (Å²) in [5.41, 5.74) is -0.759. The van der Waals surface area contributed by atoms with Gasteiger partial charge in [-0.15, -0.1) is 0 Å². The Balaban J connectivity index is 1.45. The van der Waals surface area contributed by atoms with Gasteiger partial charge in [0.2, 0.25) is 5.91 Å². The van der Waals surface area contributed by atoms with Crippen LogP contribution >= 0.6 is 0 Å². The molecular formula is C27H22F4N4O5S. The number of hydrogen-bond donors (Lipinski definition) is 1. The molecule has 4 amide bonds. The number of carbonyl (C=O) groups is 3. The molecule has 3 aromatic rings. The molecule has 1 N–H and O–H groups in total. The van der Waals surface area contributed by atoms with Gasteiger partial charge in [0.05, 0.1) is 10.6 Å². The summed E-state index contributed by atoms with van der Waals surface area (Å²) in [6.07, 6.45) is -1.78. The number of pyridine rings is 1. The molecule has 0 bridgehead atoms. The lowest BCUT2D eigenvalue weighted by Crippen LogP contribution is -2.51. The Morgan fingerprint density at radius 2 is 1.83 bits per heavy atom. The molecule has 2 aliphatic rings. The van der Waals surface area contributed by atoms with Crippen molar-refractivity contribution < 1.29 is 40.4 Å². The van der Waals surface area contributed by atoms with Crippen LogP contribution in [0, 0.1) is 5.82 Å². The minimum atomic E-state index is -4.85. The maximum atomic E-state index is 13.7. The average molecular weight is 591 g/mol. The molecule has 0 aliphatic carbocycles. The number of fused-ring (bicyclic) bond motifs is 2. The lowest BCUT2D eigenvalue weighted by atomic mass is 9.90. The van der Waals surface area contributed by atoms with Crippen molar-refractivity contribution >= 4 is 27.7 Å². The Hall–Kier alpha value is -4.33. The smallest absolute Gasteiger partial charge is 0.325 e. The van der Waals surface area contributed by atoms with Gasteiger partial charge in [0, 0.05) is 30.1 Å². The molecule has 1 aromatic heterocycles. The molecule has 5 rings (SSSR count). The summed E-state index contributed by atoms with van der Waals surface area (Å²) in [6, 6.07) is 8.71. The highest BCUT2D eigenvalue weighted by atomic mass is 32.2. The van der Waals surface area contributed by atoms with Crippen LogP contribution in [0.5, 0.6) is 0 Å². The van der Waals surface area contributed by atoms with Crippen LogP contribution in [0.2, 0.25) is 0 Å². The number of carbonyl (C=O) groups excluding carboxylic acids is 3. The largest absolute Gasteiger partial charge is 0.408 e. The summed E-state index contributed by atoms with van der Waals surface area (Å²) in [7, 11) is -4.09. The van der Waals surface area contributed by atoms with Crippen LogP contribution in [-0.2, 0) is 31.5 Å². The first kappa shape index (κ1) is 28.2. The van der Waals surface area contributed by atoms with Crippen molar-refractivity contribution in [1.29, 1.82) is 0 Å². The fraction of sp³-hybridized carbons (Fsp3) is 0.259. The van der Waals surface area contributed by atoms with E-state index in [-0.39, 0.29) is 16.0 Å². The number of urea groups is 1. The molecule has 9 nitrogen and oxygen atoms in total. The van der Waals surface area contributed by atoms with Crippen molar-refractivity contribution in [2.24, 2.45) is 0 Å². The van der Waals surface area contributed by atoms with E-state index in [0.29, 0.717) is 20.9 Å². The van der Waals surface area contributed by atoms with E-state index in [1.165, 1.54) is 30.5 Å². The molecule has 2 unspecified atom stereocenters. The number of amides is 4. The molecule has 3 heterocycles. The Bertz CT molecular complexity index is 1650. The van der Waals surface area contributed by atoms with E-state index < -0.39 is 70.1 Å². The second-order valence-corrected chi connectivity index (χ2v) is 11.8. The topological polar surface area (TPSA) is 117 Å². The van der Waals surface area contributed by atoms with Crippen LogP contribution in [0.3, 0.4) is 0 Å². The molecule has 2 atom stereocenters. The fourth-order valence-corrected chi connectivity index (χ4v) is 6.93. The summed E-state index contributed by atoms with van der Waals surface area (Å²) in [6.45, 7) is -0.908. The highest BCUT2D eigenvalue weighted by Gasteiger charge is 2.60. The van der Waals surface area contributed by atoms with Gasteiger partial charge >= 0.3 is 12.2 Å². The van der Waals surface area contributed by atoms with Crippen LogP contribution in [-0.4, -0.2) is 65.6 Å². The van der Waals surface area contributed by atoms with Crippen molar-refractivity contribution in [2.45, 2.75) is 36.1 Å². The zero-order valence-corrected chi connectivity index (χ0v) is 22.2. The monoisotopic (exact) mass is 590 g/mol. The molecule has 2 aliphatic heterocycles. The normalized spacial score (nSPS) is 20.2. The number of sulfone groups is 1. The first-order valence-corrected chi connectivity index (χ1v) is 13.9. The predicted octanol–water partition coefficient (Wildman–Crippen LogP) is 3.40. The number of halogens is 4. The number of rotatable bonds is 6. The minimum Gasteiger partial charge on any atom is -0.325 e. The van der Waals surface area contributed by atoms with Crippen molar-refractivity contribution in [1.82, 2.24) is 20.1 Å². The van der Waals surface area contributed by atoms with E-state index in [0.717, 1.165) is 19.1 Å². The van der Waals surface area contributed by atoms with Gasteiger partial charge in [0.1, 0.15) is 18.4 Å². The highest BCUT2D eigenvalue weighted by molar-refractivity contribution is 7.92. The second kappa shape index (κ2) is 9.94. The standard InChI is InChI=1S/C27H22F4N4O5S/c1-16(27(29,30)31)34(13-17-4-7-20(28)8-5-17)23(36)14-35-24(37)26(33-25(35)38)15-41(39,40)22-11-18(6-9-21(22)26)19-3-2-10-32-12-19/h2-12,16H,13-15H2,1H3,(H,33,38). The molecule has 2 aromatic carbocycles. The third-order valence-corrected chi connectivity index (χ3v) is 9.00. The average Bonchev–Trinajstić information content (AvgIpc) is 3.30. The van der Waals surface area contributed by atoms with Crippen molar-refractivity contribution in [3.63, 3.8) is 0 Å². The van der Waals surface area contributed by atoms with E-state index in [1.807, 2.05) is 0 Å². The van der Waals surface area contributed by atoms with Crippen LogP contribution < -0.4 is 5.32 Å². The molecule has 14 heteroatoms. The molecule has 1 saturated heterocycles. The maximum absolute atomic E-state index is 13.7. The Labute approximate surface area is 231 Å². The van der Waals surface area contributed by atoms with Gasteiger partial charge in [-0.05, 0) is 42.3 Å². The Morgan fingerprint density at radius 1 is 1.12 bits per heavy atom. The Morgan fingerprint density at radius 3 is 2.46 bits per heavy atom. The lowest BCUT2D eigenvalue weighted by molar-refractivity contribution is -0.187. The van der Waals surface area contributed by atoms with E-state index in [9.17, 15) is 40.4 Å². The van der Waals surface area contributed by atoms with Crippen LogP contribution in [0.25, 0.3) is 11.1 Å². The number of aromatic nitrogens is 1. The third kappa shape index (κ3) is 5.03. The fourth-order valence-electron chi connectivity index (χ4n) is 4.97. The van der Waals surface area contributed by atoms with Crippen LogP contribution in [0.4, 0.5) is 22.4 Å². The first-order chi connectivity index (χ1) is 19.2. The predicted molar refractivity (Wildman–Crippen MR) is 136 cm³/mol. The molecule has 214 valence electrons. The summed E-state index contributed by atoms with van der Waals surface area (Å²) < 4.78 is 80.6. The van der Waals surface area contributed by atoms with Crippen molar-refractivity contribution in [3.8, 4) is 11.1 Å². The number of nitrogens with one attached hydrogen (secondary N) is 1. The number of nitrogens with zero attached hydrogens (tertiary/aromatic N) is 3. The van der Waals surface area contributed by atoms with Gasteiger partial charge in [-0.3, -0.25) is 19.5 Å². The number of alkyl halides is 3. The lowest BCUT2D eigenvalue weighted by Gasteiger charge is -2.32. The highest BCUT2D eigenvalue weighted by Crippen LogP contribution is 2.43. The zero-order valence-electron chi connectivity index (χ0n) is 21.4. The minimum absolute atomic E-state index is 0.00901. The van der Waals surface area contributed by atoms with Crippen LogP contribution in [0.15, 0.2) is 71.9 Å². The van der Waals surface area contributed by atoms with Gasteiger partial charge in [0.15, 0.2) is 15.4 Å². The second-order valence-electron chi connectivity index (χ2n) is 9.80. The zero-order chi connectivity index (χ0) is 29.7. The Kier molecular flexibility index (Phi) is 6.84. The molecule has 1 spiro atoms. The summed E-state index contributed by atoms with van der Waals surface area (Å²) in [4.78, 5) is 44.4. The summed E-state index contributed by atoms with van der Waals surface area (Å²) in [5.74, 6) is -3.74. The van der Waals surface area contributed by atoms with Crippen LogP contribution in [0.1, 0.15) is 18.1 Å². The number of benzene rings is 2. The first-order valence-electron chi connectivity index (χ1n) is 12.3. The van der Waals surface area contributed by atoms with Crippen molar-refractivity contribution in [3.05, 3.63) is 83.9 Å².